The Labute approximate surface area is 200 Å². The fraction of sp³-hybridized carbons (Fsp3) is 0.519. The Bertz CT molecular complexity index is 1030. The van der Waals surface area contributed by atoms with Crippen molar-refractivity contribution in [3.05, 3.63) is 59.2 Å². The highest BCUT2D eigenvalue weighted by Gasteiger charge is 2.40. The quantitative estimate of drug-likeness (QED) is 0.581. The lowest BCUT2D eigenvalue weighted by Gasteiger charge is -2.45. The smallest absolute Gasteiger partial charge is 0.415 e. The van der Waals surface area contributed by atoms with E-state index in [-0.39, 0.29) is 28.9 Å². The van der Waals surface area contributed by atoms with Gasteiger partial charge in [0.1, 0.15) is 0 Å². The molecule has 2 N–H and O–H groups in total. The molecule has 0 saturated carbocycles. The molecule has 2 fully saturated rings. The minimum Gasteiger partial charge on any atom is -0.505 e. The number of hydrogen-bond acceptors (Lipinski definition) is 4. The lowest BCUT2D eigenvalue weighted by Crippen LogP contribution is -2.52. The second-order valence-electron chi connectivity index (χ2n) is 10.6. The molecule has 7 heteroatoms. The standard InChI is InChI=1S/C27H34F2N2O3/c1-27(2,3)25-16-20(19-4-6-23(32)21(28)14-19)10-13-31(25)26(33)34-24-7-5-18(15-22(24)29)17-8-11-30-12-9-17/h4-7,14-15,17,20,25,30,32H,8-13,16H2,1-3H3. The summed E-state index contributed by atoms with van der Waals surface area (Å²) in [6.07, 6.45) is 2.62. The minimum absolute atomic E-state index is 0.0457. The number of piperidine rings is 2. The van der Waals surface area contributed by atoms with Gasteiger partial charge in [-0.1, -0.05) is 32.9 Å². The Morgan fingerprint density at radius 1 is 1.00 bits per heavy atom. The van der Waals surface area contributed by atoms with Crippen LogP contribution in [0, 0.1) is 17.0 Å². The van der Waals surface area contributed by atoms with E-state index in [0.717, 1.165) is 37.1 Å². The molecule has 4 rings (SSSR count). The van der Waals surface area contributed by atoms with Crippen LogP contribution in [0.5, 0.6) is 11.5 Å². The van der Waals surface area contributed by atoms with Crippen LogP contribution in [0.2, 0.25) is 0 Å². The molecule has 2 saturated heterocycles. The largest absolute Gasteiger partial charge is 0.505 e. The van der Waals surface area contributed by atoms with Crippen LogP contribution in [0.25, 0.3) is 0 Å². The summed E-state index contributed by atoms with van der Waals surface area (Å²) in [4.78, 5) is 14.8. The maximum atomic E-state index is 14.9. The van der Waals surface area contributed by atoms with Crippen molar-refractivity contribution in [3.8, 4) is 11.5 Å². The van der Waals surface area contributed by atoms with Crippen molar-refractivity contribution >= 4 is 6.09 Å². The summed E-state index contributed by atoms with van der Waals surface area (Å²) in [6, 6.07) is 9.20. The fourth-order valence-corrected chi connectivity index (χ4v) is 5.25. The third kappa shape index (κ3) is 5.35. The van der Waals surface area contributed by atoms with Crippen LogP contribution in [0.3, 0.4) is 0 Å². The number of hydrogen-bond donors (Lipinski definition) is 2. The van der Waals surface area contributed by atoms with Gasteiger partial charge in [-0.05, 0) is 91.4 Å². The second-order valence-corrected chi connectivity index (χ2v) is 10.6. The van der Waals surface area contributed by atoms with Crippen LogP contribution in [0.15, 0.2) is 36.4 Å². The van der Waals surface area contributed by atoms with Gasteiger partial charge in [-0.25, -0.2) is 13.6 Å². The van der Waals surface area contributed by atoms with Gasteiger partial charge in [-0.3, -0.25) is 0 Å². The van der Waals surface area contributed by atoms with Crippen LogP contribution in [0.4, 0.5) is 13.6 Å². The van der Waals surface area contributed by atoms with Crippen LogP contribution < -0.4 is 10.1 Å². The summed E-state index contributed by atoms with van der Waals surface area (Å²) in [6.45, 7) is 8.40. The predicted octanol–water partition coefficient (Wildman–Crippen LogP) is 5.93. The van der Waals surface area contributed by atoms with Crippen molar-refractivity contribution in [1.82, 2.24) is 10.2 Å². The molecule has 0 spiro atoms. The number of nitrogens with zero attached hydrogens (tertiary/aromatic N) is 1. The Kier molecular flexibility index (Phi) is 7.12. The number of carbonyl (C=O) groups excluding carboxylic acids is 1. The number of halogens is 2. The number of benzene rings is 2. The lowest BCUT2D eigenvalue weighted by atomic mass is 9.75. The van der Waals surface area contributed by atoms with Crippen molar-refractivity contribution in [3.63, 3.8) is 0 Å². The number of likely N-dealkylation sites (tertiary alicyclic amines) is 1. The summed E-state index contributed by atoms with van der Waals surface area (Å²) in [5.41, 5.74) is 1.48. The topological polar surface area (TPSA) is 61.8 Å². The van der Waals surface area contributed by atoms with Crippen LogP contribution in [-0.4, -0.2) is 41.8 Å². The SMILES string of the molecule is CC(C)(C)C1CC(c2ccc(O)c(F)c2)CCN1C(=O)Oc1ccc(C2CCNCC2)cc1F. The highest BCUT2D eigenvalue weighted by atomic mass is 19.1. The lowest BCUT2D eigenvalue weighted by molar-refractivity contribution is 0.0560. The summed E-state index contributed by atoms with van der Waals surface area (Å²) in [5.74, 6) is -1.23. The van der Waals surface area contributed by atoms with Crippen LogP contribution in [0.1, 0.15) is 69.4 Å². The zero-order chi connectivity index (χ0) is 24.5. The zero-order valence-corrected chi connectivity index (χ0v) is 20.1. The molecule has 2 heterocycles. The summed E-state index contributed by atoms with van der Waals surface area (Å²) >= 11 is 0. The predicted molar refractivity (Wildman–Crippen MR) is 127 cm³/mol. The second kappa shape index (κ2) is 9.90. The molecule has 34 heavy (non-hydrogen) atoms. The van der Waals surface area contributed by atoms with E-state index in [0.29, 0.717) is 25.3 Å². The van der Waals surface area contributed by atoms with E-state index < -0.39 is 17.7 Å². The number of nitrogens with one attached hydrogen (secondary N) is 1. The monoisotopic (exact) mass is 472 g/mol. The van der Waals surface area contributed by atoms with Gasteiger partial charge in [0.05, 0.1) is 0 Å². The average molecular weight is 473 g/mol. The van der Waals surface area contributed by atoms with Crippen molar-refractivity contribution < 1.29 is 23.4 Å². The third-order valence-corrected chi connectivity index (χ3v) is 7.24. The molecule has 1 amide bonds. The first kappa shape index (κ1) is 24.5. The Morgan fingerprint density at radius 2 is 1.65 bits per heavy atom. The molecular weight excluding hydrogens is 438 g/mol. The minimum atomic E-state index is -0.643. The first-order chi connectivity index (χ1) is 16.1. The average Bonchev–Trinajstić information content (AvgIpc) is 2.81. The zero-order valence-electron chi connectivity index (χ0n) is 20.1. The molecule has 184 valence electrons. The van der Waals surface area contributed by atoms with Gasteiger partial charge in [0.2, 0.25) is 0 Å². The van der Waals surface area contributed by atoms with Gasteiger partial charge in [0, 0.05) is 12.6 Å². The normalized spacial score (nSPS) is 22.0. The molecule has 5 nitrogen and oxygen atoms in total. The van der Waals surface area contributed by atoms with Crippen LogP contribution in [-0.2, 0) is 0 Å². The summed E-state index contributed by atoms with van der Waals surface area (Å²) in [5, 5.41) is 12.8. The van der Waals surface area contributed by atoms with Crippen molar-refractivity contribution in [2.45, 2.75) is 64.3 Å². The maximum Gasteiger partial charge on any atom is 0.415 e. The van der Waals surface area contributed by atoms with Gasteiger partial charge in [-0.15, -0.1) is 0 Å². The van der Waals surface area contributed by atoms with E-state index in [1.807, 2.05) is 26.8 Å². The Balaban J connectivity index is 1.48. The molecule has 2 unspecified atom stereocenters. The number of amides is 1. The molecule has 2 aromatic carbocycles. The molecule has 2 aliphatic heterocycles. The van der Waals surface area contributed by atoms with E-state index in [1.54, 1.807) is 17.0 Å². The molecule has 0 aromatic heterocycles. The van der Waals surface area contributed by atoms with E-state index in [4.69, 9.17) is 4.74 Å². The maximum absolute atomic E-state index is 14.9. The molecule has 2 aromatic rings. The molecule has 0 aliphatic carbocycles. The number of phenolic OH excluding ortho intramolecular Hbond substituents is 1. The Hall–Kier alpha value is -2.67. The molecule has 0 radical (unpaired) electrons. The van der Waals surface area contributed by atoms with Gasteiger partial charge in [0.15, 0.2) is 23.1 Å². The molecule has 0 bridgehead atoms. The number of aromatic hydroxyl groups is 1. The highest BCUT2D eigenvalue weighted by Crippen LogP contribution is 2.40. The molecule has 2 aliphatic rings. The molecule has 2 atom stereocenters. The third-order valence-electron chi connectivity index (χ3n) is 7.24. The van der Waals surface area contributed by atoms with Crippen molar-refractivity contribution in [1.29, 1.82) is 0 Å². The van der Waals surface area contributed by atoms with Gasteiger partial charge in [0.25, 0.3) is 0 Å². The van der Waals surface area contributed by atoms with E-state index in [9.17, 15) is 18.7 Å². The number of ether oxygens (including phenoxy) is 1. The summed E-state index contributed by atoms with van der Waals surface area (Å²) < 4.78 is 34.3. The van der Waals surface area contributed by atoms with Gasteiger partial charge < -0.3 is 20.1 Å². The van der Waals surface area contributed by atoms with Gasteiger partial charge in [-0.2, -0.15) is 0 Å². The van der Waals surface area contributed by atoms with Crippen molar-refractivity contribution in [2.75, 3.05) is 19.6 Å². The number of phenols is 1. The number of carbonyl (C=O) groups is 1. The highest BCUT2D eigenvalue weighted by molar-refractivity contribution is 5.71. The first-order valence-corrected chi connectivity index (χ1v) is 12.1. The summed E-state index contributed by atoms with van der Waals surface area (Å²) in [7, 11) is 0. The van der Waals surface area contributed by atoms with Gasteiger partial charge >= 0.3 is 6.09 Å². The van der Waals surface area contributed by atoms with E-state index in [2.05, 4.69) is 5.32 Å². The first-order valence-electron chi connectivity index (χ1n) is 12.1. The van der Waals surface area contributed by atoms with Crippen molar-refractivity contribution in [2.24, 2.45) is 5.41 Å². The van der Waals surface area contributed by atoms with E-state index in [1.165, 1.54) is 18.2 Å². The Morgan fingerprint density at radius 3 is 2.29 bits per heavy atom. The fourth-order valence-electron chi connectivity index (χ4n) is 5.25. The van der Waals surface area contributed by atoms with Crippen LogP contribution >= 0.6 is 0 Å². The molecular formula is C27H34F2N2O3. The number of rotatable bonds is 3. The van der Waals surface area contributed by atoms with E-state index >= 15 is 0 Å².